The SMILES string of the molecule is COc1cccc(CC(C)NC(=O)NC2CCSC2)c1. The van der Waals surface area contributed by atoms with Gasteiger partial charge in [0.05, 0.1) is 7.11 Å². The second-order valence-electron chi connectivity index (χ2n) is 5.14. The zero-order valence-electron chi connectivity index (χ0n) is 12.0. The fraction of sp³-hybridized carbons (Fsp3) is 0.533. The molecule has 0 radical (unpaired) electrons. The monoisotopic (exact) mass is 294 g/mol. The Morgan fingerprint density at radius 2 is 2.40 bits per heavy atom. The predicted molar refractivity (Wildman–Crippen MR) is 83.6 cm³/mol. The number of ether oxygens (including phenoxy) is 1. The maximum atomic E-state index is 11.9. The summed E-state index contributed by atoms with van der Waals surface area (Å²) in [6.45, 7) is 2.02. The molecule has 2 unspecified atom stereocenters. The smallest absolute Gasteiger partial charge is 0.315 e. The molecule has 0 aromatic heterocycles. The first-order valence-corrected chi connectivity index (χ1v) is 8.10. The Kier molecular flexibility index (Phi) is 5.59. The fourth-order valence-electron chi connectivity index (χ4n) is 2.30. The van der Waals surface area contributed by atoms with Crippen molar-refractivity contribution in [1.29, 1.82) is 0 Å². The van der Waals surface area contributed by atoms with Gasteiger partial charge < -0.3 is 15.4 Å². The van der Waals surface area contributed by atoms with Crippen LogP contribution in [0.1, 0.15) is 18.9 Å². The van der Waals surface area contributed by atoms with Crippen LogP contribution in [0.2, 0.25) is 0 Å². The largest absolute Gasteiger partial charge is 0.497 e. The number of hydrogen-bond donors (Lipinski definition) is 2. The van der Waals surface area contributed by atoms with Crippen LogP contribution >= 0.6 is 11.8 Å². The molecule has 0 bridgehead atoms. The molecule has 0 spiro atoms. The van der Waals surface area contributed by atoms with Crippen LogP contribution < -0.4 is 15.4 Å². The van der Waals surface area contributed by atoms with Gasteiger partial charge in [-0.3, -0.25) is 0 Å². The molecule has 20 heavy (non-hydrogen) atoms. The summed E-state index contributed by atoms with van der Waals surface area (Å²) in [4.78, 5) is 11.9. The Hall–Kier alpha value is -1.36. The first-order valence-electron chi connectivity index (χ1n) is 6.95. The number of thioether (sulfide) groups is 1. The third-order valence-corrected chi connectivity index (χ3v) is 4.48. The van der Waals surface area contributed by atoms with Crippen molar-refractivity contribution in [1.82, 2.24) is 10.6 Å². The first kappa shape index (κ1) is 15.0. The molecule has 1 fully saturated rings. The maximum Gasteiger partial charge on any atom is 0.315 e. The fourth-order valence-corrected chi connectivity index (χ4v) is 3.46. The Morgan fingerprint density at radius 3 is 3.10 bits per heavy atom. The molecule has 4 nitrogen and oxygen atoms in total. The molecule has 0 aliphatic carbocycles. The van der Waals surface area contributed by atoms with Gasteiger partial charge in [0, 0.05) is 17.8 Å². The summed E-state index contributed by atoms with van der Waals surface area (Å²) in [5, 5.41) is 6.02. The molecule has 5 heteroatoms. The minimum atomic E-state index is -0.0621. The lowest BCUT2D eigenvalue weighted by molar-refractivity contribution is 0.235. The topological polar surface area (TPSA) is 50.4 Å². The molecule has 1 aromatic rings. The van der Waals surface area contributed by atoms with E-state index in [0.717, 1.165) is 35.7 Å². The van der Waals surface area contributed by atoms with Crippen LogP contribution in [0.15, 0.2) is 24.3 Å². The van der Waals surface area contributed by atoms with Gasteiger partial charge in [0.2, 0.25) is 0 Å². The minimum Gasteiger partial charge on any atom is -0.497 e. The number of methoxy groups -OCH3 is 1. The molecule has 1 aromatic carbocycles. The summed E-state index contributed by atoms with van der Waals surface area (Å²) in [6.07, 6.45) is 1.87. The lowest BCUT2D eigenvalue weighted by Gasteiger charge is -2.17. The summed E-state index contributed by atoms with van der Waals surface area (Å²) in [5.41, 5.74) is 1.16. The highest BCUT2D eigenvalue weighted by Crippen LogP contribution is 2.17. The van der Waals surface area contributed by atoms with Crippen LogP contribution in [-0.2, 0) is 6.42 Å². The number of carbonyl (C=O) groups excluding carboxylic acids is 1. The van der Waals surface area contributed by atoms with Gasteiger partial charge in [-0.2, -0.15) is 11.8 Å². The van der Waals surface area contributed by atoms with Gasteiger partial charge in [-0.15, -0.1) is 0 Å². The summed E-state index contributed by atoms with van der Waals surface area (Å²) in [6, 6.07) is 8.30. The summed E-state index contributed by atoms with van der Waals surface area (Å²) >= 11 is 1.89. The van der Waals surface area contributed by atoms with Crippen LogP contribution in [0, 0.1) is 0 Å². The standard InChI is InChI=1S/C15H22N2O2S/c1-11(8-12-4-3-5-14(9-12)19-2)16-15(18)17-13-6-7-20-10-13/h3-5,9,11,13H,6-8,10H2,1-2H3,(H2,16,17,18). The third-order valence-electron chi connectivity index (χ3n) is 3.32. The van der Waals surface area contributed by atoms with E-state index in [1.54, 1.807) is 7.11 Å². The molecule has 1 saturated heterocycles. The zero-order chi connectivity index (χ0) is 14.4. The second kappa shape index (κ2) is 7.43. The molecule has 1 heterocycles. The third kappa shape index (κ3) is 4.63. The molecular weight excluding hydrogens is 272 g/mol. The van der Waals surface area contributed by atoms with Crippen molar-refractivity contribution in [3.63, 3.8) is 0 Å². The van der Waals surface area contributed by atoms with E-state index < -0.39 is 0 Å². The van der Waals surface area contributed by atoms with Crippen molar-refractivity contribution < 1.29 is 9.53 Å². The van der Waals surface area contributed by atoms with Crippen molar-refractivity contribution in [3.8, 4) is 5.75 Å². The Balaban J connectivity index is 1.78. The van der Waals surface area contributed by atoms with Gasteiger partial charge >= 0.3 is 6.03 Å². The van der Waals surface area contributed by atoms with Crippen LogP contribution in [0.25, 0.3) is 0 Å². The molecule has 2 amide bonds. The Bertz CT molecular complexity index is 447. The highest BCUT2D eigenvalue weighted by Gasteiger charge is 2.18. The molecule has 2 N–H and O–H groups in total. The van der Waals surface area contributed by atoms with Crippen molar-refractivity contribution >= 4 is 17.8 Å². The molecule has 1 aliphatic heterocycles. The lowest BCUT2D eigenvalue weighted by Crippen LogP contribution is -2.46. The quantitative estimate of drug-likeness (QED) is 0.877. The summed E-state index contributed by atoms with van der Waals surface area (Å²) < 4.78 is 5.20. The van der Waals surface area contributed by atoms with Gasteiger partial charge in [-0.05, 0) is 43.2 Å². The molecule has 2 atom stereocenters. The number of hydrogen-bond acceptors (Lipinski definition) is 3. The van der Waals surface area contributed by atoms with E-state index >= 15 is 0 Å². The van der Waals surface area contributed by atoms with Crippen molar-refractivity contribution in [2.75, 3.05) is 18.6 Å². The average molecular weight is 294 g/mol. The van der Waals surface area contributed by atoms with Gasteiger partial charge in [0.15, 0.2) is 0 Å². The number of nitrogens with one attached hydrogen (secondary N) is 2. The van der Waals surface area contributed by atoms with Gasteiger partial charge in [0.25, 0.3) is 0 Å². The number of amides is 2. The second-order valence-corrected chi connectivity index (χ2v) is 6.28. The van der Waals surface area contributed by atoms with Crippen LogP contribution in [-0.4, -0.2) is 36.7 Å². The van der Waals surface area contributed by atoms with Crippen molar-refractivity contribution in [2.45, 2.75) is 31.8 Å². The zero-order valence-corrected chi connectivity index (χ0v) is 12.8. The highest BCUT2D eigenvalue weighted by atomic mass is 32.2. The Labute approximate surface area is 124 Å². The van der Waals surface area contributed by atoms with E-state index in [1.807, 2.05) is 43.0 Å². The summed E-state index contributed by atoms with van der Waals surface area (Å²) in [5.74, 6) is 3.02. The van der Waals surface area contributed by atoms with Gasteiger partial charge in [-0.25, -0.2) is 4.79 Å². The number of benzene rings is 1. The van der Waals surface area contributed by atoms with E-state index in [9.17, 15) is 4.79 Å². The molecular formula is C15H22N2O2S. The van der Waals surface area contributed by atoms with E-state index in [4.69, 9.17) is 4.74 Å². The van der Waals surface area contributed by atoms with Crippen LogP contribution in [0.4, 0.5) is 4.79 Å². The highest BCUT2D eigenvalue weighted by molar-refractivity contribution is 7.99. The number of rotatable bonds is 5. The van der Waals surface area contributed by atoms with Gasteiger partial charge in [-0.1, -0.05) is 12.1 Å². The molecule has 0 saturated carbocycles. The van der Waals surface area contributed by atoms with Crippen LogP contribution in [0.5, 0.6) is 5.75 Å². The number of urea groups is 1. The molecule has 1 aliphatic rings. The van der Waals surface area contributed by atoms with Crippen molar-refractivity contribution in [3.05, 3.63) is 29.8 Å². The van der Waals surface area contributed by atoms with Crippen LogP contribution in [0.3, 0.4) is 0 Å². The average Bonchev–Trinajstić information content (AvgIpc) is 2.91. The van der Waals surface area contributed by atoms with Gasteiger partial charge in [0.1, 0.15) is 5.75 Å². The van der Waals surface area contributed by atoms with Crippen molar-refractivity contribution in [2.24, 2.45) is 0 Å². The number of carbonyl (C=O) groups is 1. The summed E-state index contributed by atoms with van der Waals surface area (Å²) in [7, 11) is 1.66. The minimum absolute atomic E-state index is 0.0621. The lowest BCUT2D eigenvalue weighted by atomic mass is 10.1. The van der Waals surface area contributed by atoms with E-state index in [1.165, 1.54) is 0 Å². The predicted octanol–water partition coefficient (Wildman–Crippen LogP) is 2.43. The first-order chi connectivity index (χ1) is 9.67. The normalized spacial score (nSPS) is 19.4. The van der Waals surface area contributed by atoms with E-state index in [-0.39, 0.29) is 12.1 Å². The van der Waals surface area contributed by atoms with E-state index in [2.05, 4.69) is 10.6 Å². The molecule has 110 valence electrons. The Morgan fingerprint density at radius 1 is 1.55 bits per heavy atom. The molecule has 2 rings (SSSR count). The van der Waals surface area contributed by atoms with E-state index in [0.29, 0.717) is 6.04 Å². The maximum absolute atomic E-state index is 11.9.